The van der Waals surface area contributed by atoms with Gasteiger partial charge in [-0.3, -0.25) is 4.79 Å². The zero-order valence-electron chi connectivity index (χ0n) is 12.7. The fraction of sp³-hybridized carbons (Fsp3) is 0.312. The highest BCUT2D eigenvalue weighted by atomic mass is 16.5. The zero-order valence-corrected chi connectivity index (χ0v) is 12.7. The van der Waals surface area contributed by atoms with Crippen molar-refractivity contribution in [3.05, 3.63) is 47.8 Å². The molecule has 0 unspecified atom stereocenters. The first kappa shape index (κ1) is 15.0. The maximum absolute atomic E-state index is 12.4. The lowest BCUT2D eigenvalue weighted by Gasteiger charge is -2.17. The molecule has 1 aromatic heterocycles. The van der Waals surface area contributed by atoms with Crippen molar-refractivity contribution in [2.75, 3.05) is 19.4 Å². The number of hydrogen-bond donors (Lipinski definition) is 1. The molecule has 1 aromatic carbocycles. The molecule has 0 spiro atoms. The molecule has 112 valence electrons. The van der Waals surface area contributed by atoms with Crippen molar-refractivity contribution < 1.29 is 9.53 Å². The summed E-state index contributed by atoms with van der Waals surface area (Å²) >= 11 is 0. The van der Waals surface area contributed by atoms with Gasteiger partial charge in [-0.25, -0.2) is 0 Å². The van der Waals surface area contributed by atoms with Gasteiger partial charge in [0, 0.05) is 26.8 Å². The lowest BCUT2D eigenvalue weighted by Crippen LogP contribution is -2.27. The van der Waals surface area contributed by atoms with Crippen LogP contribution in [0, 0.1) is 0 Å². The summed E-state index contributed by atoms with van der Waals surface area (Å²) < 4.78 is 7.15. The summed E-state index contributed by atoms with van der Waals surface area (Å²) in [7, 11) is 3.59. The lowest BCUT2D eigenvalue weighted by atomic mass is 10.2. The molecule has 0 atom stereocenters. The summed E-state index contributed by atoms with van der Waals surface area (Å²) in [5, 5.41) is 0. The van der Waals surface area contributed by atoms with Crippen molar-refractivity contribution in [1.82, 2.24) is 9.47 Å². The first-order valence-corrected chi connectivity index (χ1v) is 6.90. The highest BCUT2D eigenvalue weighted by molar-refractivity contribution is 5.93. The SMILES string of the molecule is CCOc1ccc(CN(C)C(=O)c2cc(N)cn2C)cc1. The Bertz CT molecular complexity index is 617. The maximum atomic E-state index is 12.4. The predicted molar refractivity (Wildman–Crippen MR) is 83.2 cm³/mol. The third-order valence-electron chi connectivity index (χ3n) is 3.25. The molecular formula is C16H21N3O2. The molecule has 0 aliphatic heterocycles. The van der Waals surface area contributed by atoms with Crippen molar-refractivity contribution in [2.45, 2.75) is 13.5 Å². The number of hydrogen-bond acceptors (Lipinski definition) is 3. The fourth-order valence-electron chi connectivity index (χ4n) is 2.20. The summed E-state index contributed by atoms with van der Waals surface area (Å²) in [6.45, 7) is 3.13. The monoisotopic (exact) mass is 287 g/mol. The molecule has 2 N–H and O–H groups in total. The molecule has 0 saturated carbocycles. The number of aromatic nitrogens is 1. The molecule has 0 radical (unpaired) electrons. The Morgan fingerprint density at radius 3 is 2.52 bits per heavy atom. The normalized spacial score (nSPS) is 10.4. The van der Waals surface area contributed by atoms with Crippen molar-refractivity contribution in [3.8, 4) is 5.75 Å². The minimum Gasteiger partial charge on any atom is -0.494 e. The second-order valence-corrected chi connectivity index (χ2v) is 5.01. The highest BCUT2D eigenvalue weighted by Crippen LogP contribution is 2.15. The van der Waals surface area contributed by atoms with Crippen LogP contribution in [0.2, 0.25) is 0 Å². The maximum Gasteiger partial charge on any atom is 0.270 e. The van der Waals surface area contributed by atoms with Crippen LogP contribution in [0.4, 0.5) is 5.69 Å². The Morgan fingerprint density at radius 2 is 2.00 bits per heavy atom. The van der Waals surface area contributed by atoms with Gasteiger partial charge < -0.3 is 19.9 Å². The van der Waals surface area contributed by atoms with Crippen LogP contribution in [-0.4, -0.2) is 29.0 Å². The van der Waals surface area contributed by atoms with Crippen molar-refractivity contribution >= 4 is 11.6 Å². The van der Waals surface area contributed by atoms with E-state index < -0.39 is 0 Å². The number of carbonyl (C=O) groups excluding carboxylic acids is 1. The quantitative estimate of drug-likeness (QED) is 0.917. The minimum absolute atomic E-state index is 0.0527. The van der Waals surface area contributed by atoms with E-state index in [-0.39, 0.29) is 5.91 Å². The number of aryl methyl sites for hydroxylation is 1. The number of anilines is 1. The van der Waals surface area contributed by atoms with E-state index in [0.29, 0.717) is 24.5 Å². The predicted octanol–water partition coefficient (Wildman–Crippen LogP) is 2.28. The number of rotatable bonds is 5. The van der Waals surface area contributed by atoms with Crippen LogP contribution < -0.4 is 10.5 Å². The second kappa shape index (κ2) is 6.35. The van der Waals surface area contributed by atoms with Gasteiger partial charge in [0.15, 0.2) is 0 Å². The average Bonchev–Trinajstić information content (AvgIpc) is 2.79. The summed E-state index contributed by atoms with van der Waals surface area (Å²) in [6.07, 6.45) is 1.73. The van der Waals surface area contributed by atoms with Crippen molar-refractivity contribution in [3.63, 3.8) is 0 Å². The molecular weight excluding hydrogens is 266 g/mol. The van der Waals surface area contributed by atoms with E-state index in [1.165, 1.54) is 0 Å². The highest BCUT2D eigenvalue weighted by Gasteiger charge is 2.15. The second-order valence-electron chi connectivity index (χ2n) is 5.01. The van der Waals surface area contributed by atoms with Gasteiger partial charge in [0.1, 0.15) is 11.4 Å². The van der Waals surface area contributed by atoms with E-state index in [2.05, 4.69) is 0 Å². The molecule has 0 bridgehead atoms. The molecule has 2 rings (SSSR count). The number of benzene rings is 1. The van der Waals surface area contributed by atoms with Gasteiger partial charge in [-0.05, 0) is 30.7 Å². The van der Waals surface area contributed by atoms with E-state index in [0.717, 1.165) is 11.3 Å². The number of amides is 1. The van der Waals surface area contributed by atoms with Gasteiger partial charge in [-0.15, -0.1) is 0 Å². The molecule has 1 heterocycles. The number of carbonyl (C=O) groups is 1. The van der Waals surface area contributed by atoms with Gasteiger partial charge in [0.05, 0.1) is 12.3 Å². The smallest absolute Gasteiger partial charge is 0.270 e. The van der Waals surface area contributed by atoms with Crippen LogP contribution in [0.5, 0.6) is 5.75 Å². The molecule has 0 saturated heterocycles. The third kappa shape index (κ3) is 3.56. The summed E-state index contributed by atoms with van der Waals surface area (Å²) in [5.41, 5.74) is 7.94. The third-order valence-corrected chi connectivity index (χ3v) is 3.25. The number of nitrogens with zero attached hydrogens (tertiary/aromatic N) is 2. The van der Waals surface area contributed by atoms with Gasteiger partial charge in [0.2, 0.25) is 0 Å². The van der Waals surface area contributed by atoms with Crippen LogP contribution in [0.25, 0.3) is 0 Å². The summed E-state index contributed by atoms with van der Waals surface area (Å²) in [4.78, 5) is 14.0. The van der Waals surface area contributed by atoms with Crippen LogP contribution in [0.1, 0.15) is 23.0 Å². The largest absolute Gasteiger partial charge is 0.494 e. The molecule has 0 aliphatic carbocycles. The van der Waals surface area contributed by atoms with E-state index in [1.54, 1.807) is 28.8 Å². The molecule has 1 amide bonds. The van der Waals surface area contributed by atoms with E-state index in [4.69, 9.17) is 10.5 Å². The zero-order chi connectivity index (χ0) is 15.4. The van der Waals surface area contributed by atoms with Crippen LogP contribution >= 0.6 is 0 Å². The van der Waals surface area contributed by atoms with E-state index >= 15 is 0 Å². The summed E-state index contributed by atoms with van der Waals surface area (Å²) in [6, 6.07) is 9.45. The van der Waals surface area contributed by atoms with Crippen LogP contribution in [-0.2, 0) is 13.6 Å². The Hall–Kier alpha value is -2.43. The van der Waals surface area contributed by atoms with E-state index in [9.17, 15) is 4.79 Å². The Balaban J connectivity index is 2.05. The van der Waals surface area contributed by atoms with Gasteiger partial charge in [-0.1, -0.05) is 12.1 Å². The Labute approximate surface area is 124 Å². The van der Waals surface area contributed by atoms with Crippen molar-refractivity contribution in [2.24, 2.45) is 7.05 Å². The van der Waals surface area contributed by atoms with Crippen LogP contribution in [0.3, 0.4) is 0 Å². The first-order chi connectivity index (χ1) is 10.0. The van der Waals surface area contributed by atoms with Gasteiger partial charge in [-0.2, -0.15) is 0 Å². The summed E-state index contributed by atoms with van der Waals surface area (Å²) in [5.74, 6) is 0.786. The standard InChI is InChI=1S/C16H21N3O2/c1-4-21-14-7-5-12(6-8-14)10-19(3)16(20)15-9-13(17)11-18(15)2/h5-9,11H,4,10,17H2,1-3H3. The lowest BCUT2D eigenvalue weighted by molar-refractivity contribution is 0.0775. The molecule has 0 fully saturated rings. The first-order valence-electron chi connectivity index (χ1n) is 6.90. The topological polar surface area (TPSA) is 60.5 Å². The van der Waals surface area contributed by atoms with Gasteiger partial charge in [0.25, 0.3) is 5.91 Å². The minimum atomic E-state index is -0.0527. The average molecular weight is 287 g/mol. The number of nitrogen functional groups attached to an aromatic ring is 1. The number of nitrogens with two attached hydrogens (primary N) is 1. The van der Waals surface area contributed by atoms with E-state index in [1.807, 2.05) is 38.2 Å². The molecule has 0 aliphatic rings. The molecule has 21 heavy (non-hydrogen) atoms. The molecule has 5 heteroatoms. The molecule has 5 nitrogen and oxygen atoms in total. The Morgan fingerprint density at radius 1 is 1.33 bits per heavy atom. The fourth-order valence-corrected chi connectivity index (χ4v) is 2.20. The molecule has 2 aromatic rings. The van der Waals surface area contributed by atoms with Gasteiger partial charge >= 0.3 is 0 Å². The number of ether oxygens (including phenoxy) is 1. The van der Waals surface area contributed by atoms with Crippen molar-refractivity contribution in [1.29, 1.82) is 0 Å². The van der Waals surface area contributed by atoms with Crippen LogP contribution in [0.15, 0.2) is 36.5 Å². The Kier molecular flexibility index (Phi) is 4.52.